The number of hydrogen-bond acceptors (Lipinski definition) is 4. The van der Waals surface area contributed by atoms with E-state index in [1.807, 2.05) is 19.9 Å². The molecule has 32 heavy (non-hydrogen) atoms. The molecule has 3 aromatic carbocycles. The van der Waals surface area contributed by atoms with Crippen molar-refractivity contribution in [1.29, 1.82) is 0 Å². The summed E-state index contributed by atoms with van der Waals surface area (Å²) in [7, 11) is 0. The summed E-state index contributed by atoms with van der Waals surface area (Å²) in [6.07, 6.45) is 0. The molecule has 0 bridgehead atoms. The number of ketones is 1. The van der Waals surface area contributed by atoms with Gasteiger partial charge < -0.3 is 10.2 Å². The number of carbonyl (C=O) groups excluding carboxylic acids is 2. The van der Waals surface area contributed by atoms with E-state index in [0.717, 1.165) is 11.1 Å². The molecule has 1 aliphatic heterocycles. The van der Waals surface area contributed by atoms with Crippen molar-refractivity contribution in [2.45, 2.75) is 26.8 Å². The Kier molecular flexibility index (Phi) is 5.30. The number of phenolic OH excluding ortho intramolecular Hbond substituents is 1. The van der Waals surface area contributed by atoms with E-state index < -0.39 is 23.5 Å². The molecule has 1 amide bonds. The summed E-state index contributed by atoms with van der Waals surface area (Å²) >= 11 is 0. The van der Waals surface area contributed by atoms with E-state index in [4.69, 9.17) is 0 Å². The van der Waals surface area contributed by atoms with E-state index in [9.17, 15) is 24.2 Å². The zero-order valence-electron chi connectivity index (χ0n) is 17.9. The molecule has 1 atom stereocenters. The van der Waals surface area contributed by atoms with Gasteiger partial charge in [-0.3, -0.25) is 14.5 Å². The summed E-state index contributed by atoms with van der Waals surface area (Å²) in [5, 5.41) is 20.8. The van der Waals surface area contributed by atoms with Gasteiger partial charge in [-0.1, -0.05) is 24.3 Å². The average Bonchev–Trinajstić information content (AvgIpc) is 3.03. The van der Waals surface area contributed by atoms with Crippen LogP contribution < -0.4 is 4.90 Å². The predicted molar refractivity (Wildman–Crippen MR) is 120 cm³/mol. The van der Waals surface area contributed by atoms with Gasteiger partial charge in [0.2, 0.25) is 0 Å². The van der Waals surface area contributed by atoms with Crippen molar-refractivity contribution >= 4 is 23.1 Å². The number of amides is 1. The molecule has 5 nitrogen and oxygen atoms in total. The molecule has 1 fully saturated rings. The van der Waals surface area contributed by atoms with Crippen molar-refractivity contribution in [1.82, 2.24) is 0 Å². The van der Waals surface area contributed by atoms with Crippen molar-refractivity contribution < 1.29 is 24.2 Å². The Labute approximate surface area is 185 Å². The van der Waals surface area contributed by atoms with Crippen molar-refractivity contribution in [3.8, 4) is 5.75 Å². The van der Waals surface area contributed by atoms with E-state index in [0.29, 0.717) is 16.8 Å². The number of aliphatic hydroxyl groups is 1. The lowest BCUT2D eigenvalue weighted by Gasteiger charge is -2.27. The highest BCUT2D eigenvalue weighted by molar-refractivity contribution is 6.51. The lowest BCUT2D eigenvalue weighted by atomic mass is 9.94. The fourth-order valence-electron chi connectivity index (χ4n) is 4.00. The molecule has 3 aromatic rings. The second-order valence-corrected chi connectivity index (χ2v) is 7.94. The number of aliphatic hydroxyl groups excluding tert-OH is 1. The van der Waals surface area contributed by atoms with Gasteiger partial charge in [0.25, 0.3) is 11.7 Å². The van der Waals surface area contributed by atoms with Crippen LogP contribution in [0.25, 0.3) is 5.76 Å². The van der Waals surface area contributed by atoms with E-state index in [-0.39, 0.29) is 22.6 Å². The molecule has 162 valence electrons. The molecule has 0 saturated carbocycles. The number of carbonyl (C=O) groups is 2. The van der Waals surface area contributed by atoms with Gasteiger partial charge in [-0.2, -0.15) is 0 Å². The molecule has 1 unspecified atom stereocenters. The van der Waals surface area contributed by atoms with Crippen LogP contribution in [0.2, 0.25) is 0 Å². The summed E-state index contributed by atoms with van der Waals surface area (Å²) in [5.41, 5.74) is 3.33. The standard InChI is InChI=1S/C26H22FNO4/c1-14-5-4-6-21(16(14)3)28-23(17-7-10-19(29)11-8-17)22(25(31)26(28)32)24(30)18-9-12-20(27)15(2)13-18/h4-13,23,29-30H,1-3H3/b24-22+. The van der Waals surface area contributed by atoms with Crippen molar-refractivity contribution in [3.63, 3.8) is 0 Å². The maximum Gasteiger partial charge on any atom is 0.300 e. The number of phenols is 1. The van der Waals surface area contributed by atoms with Crippen LogP contribution in [0.5, 0.6) is 5.75 Å². The molecule has 0 aliphatic carbocycles. The summed E-state index contributed by atoms with van der Waals surface area (Å²) in [5.74, 6) is -2.38. The van der Waals surface area contributed by atoms with Crippen LogP contribution in [0.15, 0.2) is 66.2 Å². The average molecular weight is 431 g/mol. The number of benzene rings is 3. The molecule has 6 heteroatoms. The molecule has 0 aromatic heterocycles. The predicted octanol–water partition coefficient (Wildman–Crippen LogP) is 5.08. The van der Waals surface area contributed by atoms with Crippen LogP contribution in [-0.2, 0) is 9.59 Å². The molecule has 0 radical (unpaired) electrons. The molecular formula is C26H22FNO4. The Balaban J connectivity index is 1.99. The minimum atomic E-state index is -0.915. The minimum absolute atomic E-state index is 0.0339. The Morgan fingerprint density at radius 3 is 2.28 bits per heavy atom. The summed E-state index contributed by atoms with van der Waals surface area (Å²) in [4.78, 5) is 27.8. The van der Waals surface area contributed by atoms with Gasteiger partial charge in [0.05, 0.1) is 11.6 Å². The van der Waals surface area contributed by atoms with Crippen LogP contribution in [0.4, 0.5) is 10.1 Å². The molecular weight excluding hydrogens is 409 g/mol. The molecule has 1 heterocycles. The monoisotopic (exact) mass is 431 g/mol. The van der Waals surface area contributed by atoms with Crippen LogP contribution in [0, 0.1) is 26.6 Å². The molecule has 1 saturated heterocycles. The summed E-state index contributed by atoms with van der Waals surface area (Å²) < 4.78 is 13.8. The van der Waals surface area contributed by atoms with E-state index in [2.05, 4.69) is 0 Å². The lowest BCUT2D eigenvalue weighted by Crippen LogP contribution is -2.30. The zero-order valence-corrected chi connectivity index (χ0v) is 17.9. The minimum Gasteiger partial charge on any atom is -0.508 e. The van der Waals surface area contributed by atoms with Crippen LogP contribution >= 0.6 is 0 Å². The third-order valence-electron chi connectivity index (χ3n) is 5.92. The van der Waals surface area contributed by atoms with Gasteiger partial charge in [-0.25, -0.2) is 4.39 Å². The fraction of sp³-hybridized carbons (Fsp3) is 0.154. The summed E-state index contributed by atoms with van der Waals surface area (Å²) in [6, 6.07) is 14.7. The Bertz CT molecular complexity index is 1280. The first-order valence-electron chi connectivity index (χ1n) is 10.1. The second-order valence-electron chi connectivity index (χ2n) is 7.94. The number of aryl methyl sites for hydroxylation is 2. The molecule has 0 spiro atoms. The first kappa shape index (κ1) is 21.3. The number of nitrogens with zero attached hydrogens (tertiary/aromatic N) is 1. The number of halogens is 1. The third-order valence-corrected chi connectivity index (χ3v) is 5.92. The topological polar surface area (TPSA) is 77.8 Å². The molecule has 1 aliphatic rings. The first-order chi connectivity index (χ1) is 15.2. The fourth-order valence-corrected chi connectivity index (χ4v) is 4.00. The highest BCUT2D eigenvalue weighted by atomic mass is 19.1. The van der Waals surface area contributed by atoms with E-state index in [1.165, 1.54) is 35.2 Å². The number of anilines is 1. The number of hydrogen-bond donors (Lipinski definition) is 2. The largest absolute Gasteiger partial charge is 0.508 e. The maximum atomic E-state index is 13.8. The van der Waals surface area contributed by atoms with E-state index in [1.54, 1.807) is 31.2 Å². The van der Waals surface area contributed by atoms with Crippen molar-refractivity contribution in [2.24, 2.45) is 0 Å². The Hall–Kier alpha value is -3.93. The SMILES string of the molecule is Cc1cc(/C(O)=C2\C(=O)C(=O)N(c3cccc(C)c3C)C2c2ccc(O)cc2)ccc1F. The van der Waals surface area contributed by atoms with Crippen molar-refractivity contribution in [2.75, 3.05) is 4.90 Å². The Morgan fingerprint density at radius 2 is 1.62 bits per heavy atom. The highest BCUT2D eigenvalue weighted by Gasteiger charge is 2.47. The molecule has 4 rings (SSSR count). The van der Waals surface area contributed by atoms with Gasteiger partial charge in [-0.15, -0.1) is 0 Å². The van der Waals surface area contributed by atoms with Crippen LogP contribution in [0.3, 0.4) is 0 Å². The smallest absolute Gasteiger partial charge is 0.300 e. The number of aromatic hydroxyl groups is 1. The molecule has 2 N–H and O–H groups in total. The number of rotatable bonds is 3. The van der Waals surface area contributed by atoms with Crippen molar-refractivity contribution in [3.05, 3.63) is 99.9 Å². The zero-order chi connectivity index (χ0) is 23.2. The maximum absolute atomic E-state index is 13.8. The first-order valence-corrected chi connectivity index (χ1v) is 10.1. The third kappa shape index (κ3) is 3.43. The Morgan fingerprint density at radius 1 is 0.938 bits per heavy atom. The van der Waals surface area contributed by atoms with Gasteiger partial charge in [-0.05, 0) is 79.4 Å². The lowest BCUT2D eigenvalue weighted by molar-refractivity contribution is -0.132. The van der Waals surface area contributed by atoms with Crippen LogP contribution in [-0.4, -0.2) is 21.9 Å². The second kappa shape index (κ2) is 7.96. The van der Waals surface area contributed by atoms with Gasteiger partial charge in [0.15, 0.2) is 0 Å². The number of Topliss-reactive ketones (excluding diaryl/α,β-unsaturated/α-hetero) is 1. The quantitative estimate of drug-likeness (QED) is 0.344. The highest BCUT2D eigenvalue weighted by Crippen LogP contribution is 2.43. The normalized spacial score (nSPS) is 17.8. The van der Waals surface area contributed by atoms with Crippen LogP contribution in [0.1, 0.15) is 33.9 Å². The van der Waals surface area contributed by atoms with Gasteiger partial charge in [0.1, 0.15) is 17.3 Å². The summed E-state index contributed by atoms with van der Waals surface area (Å²) in [6.45, 7) is 5.33. The van der Waals surface area contributed by atoms with Gasteiger partial charge in [0, 0.05) is 11.3 Å². The van der Waals surface area contributed by atoms with Gasteiger partial charge >= 0.3 is 0 Å². The van der Waals surface area contributed by atoms with E-state index >= 15 is 0 Å².